The molecular weight excluding hydrogens is 244 g/mol. The number of nitrogens with one attached hydrogen (secondary N) is 1. The van der Waals surface area contributed by atoms with E-state index in [1.54, 1.807) is 0 Å². The zero-order valence-corrected chi connectivity index (χ0v) is 11.8. The Morgan fingerprint density at radius 2 is 1.63 bits per heavy atom. The van der Waals surface area contributed by atoms with E-state index < -0.39 is 11.6 Å². The van der Waals surface area contributed by atoms with E-state index in [9.17, 15) is 8.78 Å². The second kappa shape index (κ2) is 6.47. The summed E-state index contributed by atoms with van der Waals surface area (Å²) in [6.07, 6.45) is 6.32. The van der Waals surface area contributed by atoms with Crippen LogP contribution in [0.25, 0.3) is 0 Å². The van der Waals surface area contributed by atoms with Crippen LogP contribution in [0.3, 0.4) is 0 Å². The van der Waals surface area contributed by atoms with Gasteiger partial charge in [0, 0.05) is 17.6 Å². The summed E-state index contributed by atoms with van der Waals surface area (Å²) in [7, 11) is 0. The highest BCUT2D eigenvalue weighted by Gasteiger charge is 2.23. The van der Waals surface area contributed by atoms with E-state index in [2.05, 4.69) is 12.2 Å². The van der Waals surface area contributed by atoms with Crippen LogP contribution >= 0.6 is 0 Å². The predicted octanol–water partition coefficient (Wildman–Crippen LogP) is 4.58. The molecule has 1 fully saturated rings. The second-order valence-corrected chi connectivity index (χ2v) is 5.71. The quantitative estimate of drug-likeness (QED) is 0.841. The Labute approximate surface area is 114 Å². The lowest BCUT2D eigenvalue weighted by molar-refractivity contribution is 0.265. The van der Waals surface area contributed by atoms with Crippen LogP contribution in [-0.2, 0) is 0 Å². The van der Waals surface area contributed by atoms with Crippen molar-refractivity contribution in [3.05, 3.63) is 35.4 Å². The standard InChI is InChI=1S/C16H23F2N/c1-11(13-7-4-3-5-8-13)19-12(2)16-14(17)9-6-10-15(16)18/h6,9-13,19H,3-5,7-8H2,1-2H3. The van der Waals surface area contributed by atoms with E-state index >= 15 is 0 Å². The average Bonchev–Trinajstić information content (AvgIpc) is 2.39. The summed E-state index contributed by atoms with van der Waals surface area (Å²) in [4.78, 5) is 0. The molecule has 2 atom stereocenters. The molecule has 19 heavy (non-hydrogen) atoms. The lowest BCUT2D eigenvalue weighted by Gasteiger charge is -2.31. The van der Waals surface area contributed by atoms with E-state index in [-0.39, 0.29) is 11.6 Å². The lowest BCUT2D eigenvalue weighted by Crippen LogP contribution is -2.36. The number of hydrogen-bond acceptors (Lipinski definition) is 1. The number of halogens is 2. The van der Waals surface area contributed by atoms with Crippen molar-refractivity contribution in [1.82, 2.24) is 5.32 Å². The summed E-state index contributed by atoms with van der Waals surface area (Å²) in [6.45, 7) is 3.96. The first-order valence-corrected chi connectivity index (χ1v) is 7.29. The molecule has 1 aromatic rings. The smallest absolute Gasteiger partial charge is 0.130 e. The van der Waals surface area contributed by atoms with Crippen molar-refractivity contribution in [1.29, 1.82) is 0 Å². The summed E-state index contributed by atoms with van der Waals surface area (Å²) in [5.41, 5.74) is 0.158. The summed E-state index contributed by atoms with van der Waals surface area (Å²) in [5.74, 6) is -0.294. The van der Waals surface area contributed by atoms with Crippen LogP contribution in [0.15, 0.2) is 18.2 Å². The van der Waals surface area contributed by atoms with Crippen molar-refractivity contribution in [2.45, 2.75) is 58.0 Å². The van der Waals surface area contributed by atoms with Crippen molar-refractivity contribution in [2.24, 2.45) is 5.92 Å². The van der Waals surface area contributed by atoms with Crippen LogP contribution in [0, 0.1) is 17.6 Å². The Morgan fingerprint density at radius 3 is 2.21 bits per heavy atom. The lowest BCUT2D eigenvalue weighted by atomic mass is 9.84. The first-order valence-electron chi connectivity index (χ1n) is 7.29. The third-order valence-corrected chi connectivity index (χ3v) is 4.30. The summed E-state index contributed by atoms with van der Waals surface area (Å²) >= 11 is 0. The van der Waals surface area contributed by atoms with Crippen LogP contribution < -0.4 is 5.32 Å². The fourth-order valence-electron chi connectivity index (χ4n) is 3.17. The molecular formula is C16H23F2N. The Kier molecular flexibility index (Phi) is 4.92. The highest BCUT2D eigenvalue weighted by Crippen LogP contribution is 2.28. The molecule has 106 valence electrons. The Hall–Kier alpha value is -0.960. The Balaban J connectivity index is 2.01. The van der Waals surface area contributed by atoms with Crippen LogP contribution in [0.4, 0.5) is 8.78 Å². The van der Waals surface area contributed by atoms with Crippen LogP contribution in [-0.4, -0.2) is 6.04 Å². The Bertz CT molecular complexity index is 393. The summed E-state index contributed by atoms with van der Waals surface area (Å²) in [6, 6.07) is 4.06. The molecule has 0 spiro atoms. The maximum Gasteiger partial charge on any atom is 0.130 e. The van der Waals surface area contributed by atoms with Gasteiger partial charge in [-0.2, -0.15) is 0 Å². The molecule has 0 bridgehead atoms. The third-order valence-electron chi connectivity index (χ3n) is 4.30. The van der Waals surface area contributed by atoms with Gasteiger partial charge in [-0.05, 0) is 44.7 Å². The molecule has 1 aliphatic carbocycles. The molecule has 1 aliphatic rings. The molecule has 0 aliphatic heterocycles. The van der Waals surface area contributed by atoms with Crippen LogP contribution in [0.5, 0.6) is 0 Å². The first kappa shape index (κ1) is 14.4. The molecule has 0 amide bonds. The second-order valence-electron chi connectivity index (χ2n) is 5.71. The fraction of sp³-hybridized carbons (Fsp3) is 0.625. The zero-order valence-electron chi connectivity index (χ0n) is 11.8. The maximum absolute atomic E-state index is 13.7. The van der Waals surface area contributed by atoms with Crippen molar-refractivity contribution < 1.29 is 8.78 Å². The van der Waals surface area contributed by atoms with E-state index in [1.807, 2.05) is 6.92 Å². The molecule has 1 saturated carbocycles. The third kappa shape index (κ3) is 3.53. The largest absolute Gasteiger partial charge is 0.307 e. The normalized spacial score (nSPS) is 20.2. The van der Waals surface area contributed by atoms with E-state index in [0.29, 0.717) is 12.0 Å². The van der Waals surface area contributed by atoms with Crippen LogP contribution in [0.1, 0.15) is 57.6 Å². The van der Waals surface area contributed by atoms with Gasteiger partial charge in [-0.25, -0.2) is 8.78 Å². The minimum Gasteiger partial charge on any atom is -0.307 e. The van der Waals surface area contributed by atoms with Gasteiger partial charge in [0.15, 0.2) is 0 Å². The Morgan fingerprint density at radius 1 is 1.05 bits per heavy atom. The molecule has 0 aromatic heterocycles. The van der Waals surface area contributed by atoms with E-state index in [1.165, 1.54) is 50.3 Å². The minimum absolute atomic E-state index is 0.158. The molecule has 1 nitrogen and oxygen atoms in total. The molecule has 2 rings (SSSR count). The molecule has 0 saturated heterocycles. The van der Waals surface area contributed by atoms with Gasteiger partial charge in [-0.15, -0.1) is 0 Å². The van der Waals surface area contributed by atoms with Crippen molar-refractivity contribution in [3.8, 4) is 0 Å². The fourth-order valence-corrected chi connectivity index (χ4v) is 3.17. The zero-order chi connectivity index (χ0) is 13.8. The highest BCUT2D eigenvalue weighted by atomic mass is 19.1. The summed E-state index contributed by atoms with van der Waals surface area (Å²) in [5, 5.41) is 3.37. The van der Waals surface area contributed by atoms with Gasteiger partial charge in [0.2, 0.25) is 0 Å². The van der Waals surface area contributed by atoms with Gasteiger partial charge >= 0.3 is 0 Å². The van der Waals surface area contributed by atoms with E-state index in [4.69, 9.17) is 0 Å². The minimum atomic E-state index is -0.462. The molecule has 0 radical (unpaired) electrons. The SMILES string of the molecule is CC(NC(C)C1CCCCC1)c1c(F)cccc1F. The van der Waals surface area contributed by atoms with E-state index in [0.717, 1.165) is 0 Å². The number of benzene rings is 1. The topological polar surface area (TPSA) is 12.0 Å². The summed E-state index contributed by atoms with van der Waals surface area (Å²) < 4.78 is 27.4. The van der Waals surface area contributed by atoms with Gasteiger partial charge in [0.1, 0.15) is 11.6 Å². The predicted molar refractivity (Wildman–Crippen MR) is 73.9 cm³/mol. The van der Waals surface area contributed by atoms with Crippen LogP contribution in [0.2, 0.25) is 0 Å². The molecule has 1 N–H and O–H groups in total. The van der Waals surface area contributed by atoms with Gasteiger partial charge in [0.05, 0.1) is 0 Å². The number of hydrogen-bond donors (Lipinski definition) is 1. The van der Waals surface area contributed by atoms with Gasteiger partial charge in [0.25, 0.3) is 0 Å². The van der Waals surface area contributed by atoms with Gasteiger partial charge < -0.3 is 5.32 Å². The molecule has 3 heteroatoms. The van der Waals surface area contributed by atoms with Crippen molar-refractivity contribution in [2.75, 3.05) is 0 Å². The molecule has 0 heterocycles. The first-order chi connectivity index (χ1) is 9.09. The highest BCUT2D eigenvalue weighted by molar-refractivity contribution is 5.22. The average molecular weight is 267 g/mol. The van der Waals surface area contributed by atoms with Crippen molar-refractivity contribution in [3.63, 3.8) is 0 Å². The van der Waals surface area contributed by atoms with Gasteiger partial charge in [-0.3, -0.25) is 0 Å². The molecule has 2 unspecified atom stereocenters. The maximum atomic E-state index is 13.7. The van der Waals surface area contributed by atoms with Gasteiger partial charge in [-0.1, -0.05) is 25.3 Å². The monoisotopic (exact) mass is 267 g/mol. The van der Waals surface area contributed by atoms with Crippen molar-refractivity contribution >= 4 is 0 Å². The number of rotatable bonds is 4. The molecule has 1 aromatic carbocycles.